The molecule has 1 aliphatic rings. The number of benzene rings is 1. The molecule has 106 valence electrons. The standard InChI is InChI=1S/C16H25ClN2/c1-13(18-2)14-8-9-16(15(17)12-14)19-10-6-4-3-5-7-11-19/h8-9,12-13,18H,3-7,10-11H2,1-2H3. The molecule has 1 aromatic carbocycles. The van der Waals surface area contributed by atoms with Crippen LogP contribution in [-0.4, -0.2) is 20.1 Å². The molecule has 0 amide bonds. The van der Waals surface area contributed by atoms with Gasteiger partial charge in [-0.1, -0.05) is 36.9 Å². The van der Waals surface area contributed by atoms with Crippen molar-refractivity contribution in [3.05, 3.63) is 28.8 Å². The van der Waals surface area contributed by atoms with Gasteiger partial charge in [0.05, 0.1) is 10.7 Å². The summed E-state index contributed by atoms with van der Waals surface area (Å²) >= 11 is 6.49. The summed E-state index contributed by atoms with van der Waals surface area (Å²) in [7, 11) is 1.98. The van der Waals surface area contributed by atoms with Crippen molar-refractivity contribution in [2.45, 2.75) is 45.1 Å². The third-order valence-electron chi connectivity index (χ3n) is 4.10. The van der Waals surface area contributed by atoms with Crippen molar-refractivity contribution >= 4 is 17.3 Å². The molecule has 1 aliphatic heterocycles. The summed E-state index contributed by atoms with van der Waals surface area (Å²) in [5.74, 6) is 0. The lowest BCUT2D eigenvalue weighted by molar-refractivity contribution is 0.556. The highest BCUT2D eigenvalue weighted by Crippen LogP contribution is 2.30. The topological polar surface area (TPSA) is 15.3 Å². The lowest BCUT2D eigenvalue weighted by Crippen LogP contribution is -2.27. The number of nitrogens with zero attached hydrogens (tertiary/aromatic N) is 1. The molecule has 0 bridgehead atoms. The number of hydrogen-bond acceptors (Lipinski definition) is 2. The summed E-state index contributed by atoms with van der Waals surface area (Å²) in [6, 6.07) is 6.84. The summed E-state index contributed by atoms with van der Waals surface area (Å²) in [5, 5.41) is 4.14. The molecule has 0 saturated carbocycles. The molecule has 0 aromatic heterocycles. The zero-order valence-electron chi connectivity index (χ0n) is 12.1. The van der Waals surface area contributed by atoms with Crippen LogP contribution in [-0.2, 0) is 0 Å². The molecule has 1 saturated heterocycles. The van der Waals surface area contributed by atoms with E-state index in [4.69, 9.17) is 11.6 Å². The molecular formula is C16H25ClN2. The average Bonchev–Trinajstić information content (AvgIpc) is 2.38. The predicted octanol–water partition coefficient (Wildman–Crippen LogP) is 4.39. The fraction of sp³-hybridized carbons (Fsp3) is 0.625. The normalized spacial score (nSPS) is 18.8. The van der Waals surface area contributed by atoms with Crippen molar-refractivity contribution in [1.82, 2.24) is 5.32 Å². The minimum Gasteiger partial charge on any atom is -0.370 e. The molecular weight excluding hydrogens is 256 g/mol. The van der Waals surface area contributed by atoms with E-state index in [9.17, 15) is 0 Å². The summed E-state index contributed by atoms with van der Waals surface area (Å²) in [4.78, 5) is 2.45. The van der Waals surface area contributed by atoms with Crippen LogP contribution in [0.1, 0.15) is 50.6 Å². The first kappa shape index (κ1) is 14.7. The third-order valence-corrected chi connectivity index (χ3v) is 4.40. The first-order valence-corrected chi connectivity index (χ1v) is 7.82. The maximum absolute atomic E-state index is 6.49. The zero-order chi connectivity index (χ0) is 13.7. The van der Waals surface area contributed by atoms with E-state index in [1.54, 1.807) is 0 Å². The molecule has 0 aliphatic carbocycles. The second-order valence-corrected chi connectivity index (χ2v) is 5.88. The zero-order valence-corrected chi connectivity index (χ0v) is 12.8. The molecule has 1 fully saturated rings. The number of hydrogen-bond donors (Lipinski definition) is 1. The van der Waals surface area contributed by atoms with Gasteiger partial charge in [0.25, 0.3) is 0 Å². The van der Waals surface area contributed by atoms with Crippen molar-refractivity contribution in [2.24, 2.45) is 0 Å². The summed E-state index contributed by atoms with van der Waals surface area (Å²) in [6.45, 7) is 4.43. The van der Waals surface area contributed by atoms with Crippen LogP contribution in [0.2, 0.25) is 5.02 Å². The van der Waals surface area contributed by atoms with E-state index in [0.717, 1.165) is 18.1 Å². The van der Waals surface area contributed by atoms with Crippen molar-refractivity contribution in [2.75, 3.05) is 25.0 Å². The van der Waals surface area contributed by atoms with Gasteiger partial charge in [-0.3, -0.25) is 0 Å². The van der Waals surface area contributed by atoms with Crippen LogP contribution in [0.3, 0.4) is 0 Å². The van der Waals surface area contributed by atoms with Crippen LogP contribution in [0.15, 0.2) is 18.2 Å². The molecule has 1 atom stereocenters. The largest absolute Gasteiger partial charge is 0.370 e. The Morgan fingerprint density at radius 2 is 1.74 bits per heavy atom. The molecule has 2 rings (SSSR count). The second-order valence-electron chi connectivity index (χ2n) is 5.48. The molecule has 1 unspecified atom stereocenters. The lowest BCUT2D eigenvalue weighted by Gasteiger charge is -2.28. The number of halogens is 1. The van der Waals surface area contributed by atoms with Crippen LogP contribution >= 0.6 is 11.6 Å². The summed E-state index contributed by atoms with van der Waals surface area (Å²) in [6.07, 6.45) is 6.65. The van der Waals surface area contributed by atoms with E-state index < -0.39 is 0 Å². The van der Waals surface area contributed by atoms with E-state index in [-0.39, 0.29) is 0 Å². The molecule has 19 heavy (non-hydrogen) atoms. The second kappa shape index (κ2) is 7.16. The van der Waals surface area contributed by atoms with Crippen molar-refractivity contribution in [3.63, 3.8) is 0 Å². The van der Waals surface area contributed by atoms with Gasteiger partial charge in [-0.15, -0.1) is 0 Å². The van der Waals surface area contributed by atoms with Gasteiger partial charge in [0.15, 0.2) is 0 Å². The molecule has 1 N–H and O–H groups in total. The van der Waals surface area contributed by atoms with Gasteiger partial charge < -0.3 is 10.2 Å². The van der Waals surface area contributed by atoms with E-state index in [1.165, 1.54) is 43.4 Å². The van der Waals surface area contributed by atoms with Gasteiger partial charge in [0, 0.05) is 19.1 Å². The number of anilines is 1. The van der Waals surface area contributed by atoms with Crippen LogP contribution < -0.4 is 10.2 Å². The number of rotatable bonds is 3. The minimum atomic E-state index is 0.346. The fourth-order valence-corrected chi connectivity index (χ4v) is 3.01. The molecule has 1 heterocycles. The van der Waals surface area contributed by atoms with Crippen LogP contribution in [0.5, 0.6) is 0 Å². The van der Waals surface area contributed by atoms with Gasteiger partial charge in [-0.25, -0.2) is 0 Å². The first-order valence-electron chi connectivity index (χ1n) is 7.44. The summed E-state index contributed by atoms with van der Waals surface area (Å²) in [5.41, 5.74) is 2.46. The third kappa shape index (κ3) is 3.87. The minimum absolute atomic E-state index is 0.346. The Labute approximate surface area is 122 Å². The Bertz CT molecular complexity index is 398. The SMILES string of the molecule is CNC(C)c1ccc(N2CCCCCCC2)c(Cl)c1. The first-order chi connectivity index (χ1) is 9.22. The Morgan fingerprint density at radius 3 is 2.32 bits per heavy atom. The van der Waals surface area contributed by atoms with Gasteiger partial charge in [0.2, 0.25) is 0 Å². The van der Waals surface area contributed by atoms with Gasteiger partial charge in [-0.2, -0.15) is 0 Å². The van der Waals surface area contributed by atoms with Crippen LogP contribution in [0.25, 0.3) is 0 Å². The highest BCUT2D eigenvalue weighted by molar-refractivity contribution is 6.33. The van der Waals surface area contributed by atoms with E-state index >= 15 is 0 Å². The van der Waals surface area contributed by atoms with Crippen molar-refractivity contribution in [1.29, 1.82) is 0 Å². The number of nitrogens with one attached hydrogen (secondary N) is 1. The van der Waals surface area contributed by atoms with Crippen molar-refractivity contribution in [3.8, 4) is 0 Å². The Hall–Kier alpha value is -0.730. The molecule has 3 heteroatoms. The van der Waals surface area contributed by atoms with E-state index in [0.29, 0.717) is 6.04 Å². The fourth-order valence-electron chi connectivity index (χ4n) is 2.70. The smallest absolute Gasteiger partial charge is 0.0642 e. The van der Waals surface area contributed by atoms with Crippen LogP contribution in [0, 0.1) is 0 Å². The van der Waals surface area contributed by atoms with Crippen LogP contribution in [0.4, 0.5) is 5.69 Å². The lowest BCUT2D eigenvalue weighted by atomic mass is 10.1. The maximum Gasteiger partial charge on any atom is 0.0642 e. The van der Waals surface area contributed by atoms with Gasteiger partial charge in [-0.05, 0) is 44.5 Å². The molecule has 0 spiro atoms. The monoisotopic (exact) mass is 280 g/mol. The van der Waals surface area contributed by atoms with Gasteiger partial charge >= 0.3 is 0 Å². The quantitative estimate of drug-likeness (QED) is 0.883. The van der Waals surface area contributed by atoms with E-state index in [2.05, 4.69) is 35.3 Å². The maximum atomic E-state index is 6.49. The molecule has 0 radical (unpaired) electrons. The average molecular weight is 281 g/mol. The highest BCUT2D eigenvalue weighted by atomic mass is 35.5. The Balaban J connectivity index is 2.14. The van der Waals surface area contributed by atoms with Crippen molar-refractivity contribution < 1.29 is 0 Å². The van der Waals surface area contributed by atoms with Gasteiger partial charge in [0.1, 0.15) is 0 Å². The molecule has 1 aromatic rings. The Kier molecular flexibility index (Phi) is 5.53. The van der Waals surface area contributed by atoms with E-state index in [1.807, 2.05) is 7.05 Å². The summed E-state index contributed by atoms with van der Waals surface area (Å²) < 4.78 is 0. The Morgan fingerprint density at radius 1 is 1.11 bits per heavy atom. The highest BCUT2D eigenvalue weighted by Gasteiger charge is 2.13. The molecule has 2 nitrogen and oxygen atoms in total. The predicted molar refractivity (Wildman–Crippen MR) is 84.2 cm³/mol.